The van der Waals surface area contributed by atoms with Crippen LogP contribution in [-0.4, -0.2) is 34.5 Å². The average Bonchev–Trinajstić information content (AvgIpc) is 3.13. The van der Waals surface area contributed by atoms with Gasteiger partial charge in [0.15, 0.2) is 0 Å². The number of hydrogen-bond donors (Lipinski definition) is 1. The molecule has 1 N–H and O–H groups in total. The summed E-state index contributed by atoms with van der Waals surface area (Å²) in [6, 6.07) is 10.4. The van der Waals surface area contributed by atoms with Gasteiger partial charge in [0.25, 0.3) is 0 Å². The molecule has 20 heavy (non-hydrogen) atoms. The zero-order valence-corrected chi connectivity index (χ0v) is 11.4. The van der Waals surface area contributed by atoms with Crippen LogP contribution in [0.2, 0.25) is 0 Å². The zero-order chi connectivity index (χ0) is 14.1. The highest BCUT2D eigenvalue weighted by atomic mass is 16.4. The van der Waals surface area contributed by atoms with Crippen LogP contribution in [0.25, 0.3) is 0 Å². The van der Waals surface area contributed by atoms with Crippen molar-refractivity contribution in [3.05, 3.63) is 35.9 Å². The fraction of sp³-hybridized carbons (Fsp3) is 0.500. The van der Waals surface area contributed by atoms with Gasteiger partial charge in [0.05, 0.1) is 11.8 Å². The average molecular weight is 273 g/mol. The summed E-state index contributed by atoms with van der Waals surface area (Å²) in [5, 5.41) is 8.95. The first-order chi connectivity index (χ1) is 9.66. The van der Waals surface area contributed by atoms with E-state index in [-0.39, 0.29) is 17.9 Å². The molecule has 3 rings (SSSR count). The fourth-order valence-corrected chi connectivity index (χ4v) is 3.18. The second-order valence-electron chi connectivity index (χ2n) is 5.80. The van der Waals surface area contributed by atoms with Crippen LogP contribution in [0.1, 0.15) is 24.8 Å². The van der Waals surface area contributed by atoms with Crippen molar-refractivity contribution in [1.29, 1.82) is 0 Å². The highest BCUT2D eigenvalue weighted by Crippen LogP contribution is 2.41. The number of benzene rings is 1. The standard InChI is InChI=1S/C16H19NO3/c18-15(13-10-14(13)16(19)20)17-8-4-7-12(17)9-11-5-2-1-3-6-11/h1-3,5-6,12-14H,4,7-10H2,(H,19,20)/t12?,13-,14+/m1/s1. The van der Waals surface area contributed by atoms with E-state index in [2.05, 4.69) is 12.1 Å². The van der Waals surface area contributed by atoms with Crippen LogP contribution < -0.4 is 0 Å². The molecule has 1 amide bonds. The lowest BCUT2D eigenvalue weighted by atomic mass is 10.0. The summed E-state index contributed by atoms with van der Waals surface area (Å²) in [4.78, 5) is 25.2. The highest BCUT2D eigenvalue weighted by molar-refractivity contribution is 5.89. The summed E-state index contributed by atoms with van der Waals surface area (Å²) in [5.41, 5.74) is 1.24. The van der Waals surface area contributed by atoms with Crippen LogP contribution in [0.15, 0.2) is 30.3 Å². The van der Waals surface area contributed by atoms with Gasteiger partial charge in [0.1, 0.15) is 0 Å². The third-order valence-electron chi connectivity index (χ3n) is 4.40. The molecule has 0 aromatic heterocycles. The first-order valence-corrected chi connectivity index (χ1v) is 7.24. The van der Waals surface area contributed by atoms with Gasteiger partial charge in [-0.05, 0) is 31.2 Å². The molecule has 1 aliphatic heterocycles. The molecular weight excluding hydrogens is 254 g/mol. The van der Waals surface area contributed by atoms with E-state index in [0.29, 0.717) is 6.42 Å². The molecule has 1 saturated heterocycles. The Morgan fingerprint density at radius 3 is 2.60 bits per heavy atom. The third-order valence-corrected chi connectivity index (χ3v) is 4.40. The quantitative estimate of drug-likeness (QED) is 0.912. The number of carboxylic acid groups (broad SMARTS) is 1. The molecular formula is C16H19NO3. The number of carbonyl (C=O) groups excluding carboxylic acids is 1. The summed E-state index contributed by atoms with van der Waals surface area (Å²) < 4.78 is 0. The van der Waals surface area contributed by atoms with Crippen molar-refractivity contribution in [3.63, 3.8) is 0 Å². The van der Waals surface area contributed by atoms with Crippen molar-refractivity contribution >= 4 is 11.9 Å². The van der Waals surface area contributed by atoms with E-state index in [1.165, 1.54) is 5.56 Å². The van der Waals surface area contributed by atoms with Gasteiger partial charge >= 0.3 is 5.97 Å². The number of aliphatic carboxylic acids is 1. The van der Waals surface area contributed by atoms with Gasteiger partial charge in [-0.3, -0.25) is 9.59 Å². The van der Waals surface area contributed by atoms with E-state index >= 15 is 0 Å². The predicted octanol–water partition coefficient (Wildman–Crippen LogP) is 1.94. The van der Waals surface area contributed by atoms with Crippen molar-refractivity contribution in [2.24, 2.45) is 11.8 Å². The lowest BCUT2D eigenvalue weighted by Gasteiger charge is -2.25. The van der Waals surface area contributed by atoms with Crippen LogP contribution in [-0.2, 0) is 16.0 Å². The van der Waals surface area contributed by atoms with E-state index in [9.17, 15) is 9.59 Å². The Labute approximate surface area is 118 Å². The molecule has 1 aromatic rings. The number of likely N-dealkylation sites (tertiary alicyclic amines) is 1. The molecule has 1 saturated carbocycles. The summed E-state index contributed by atoms with van der Waals surface area (Å²) in [6.07, 6.45) is 3.43. The molecule has 0 radical (unpaired) electrons. The number of rotatable bonds is 4. The van der Waals surface area contributed by atoms with Gasteiger partial charge in [0.2, 0.25) is 5.91 Å². The number of hydrogen-bond acceptors (Lipinski definition) is 2. The van der Waals surface area contributed by atoms with E-state index in [1.54, 1.807) is 0 Å². The summed E-state index contributed by atoms with van der Waals surface area (Å²) >= 11 is 0. The molecule has 1 aliphatic carbocycles. The molecule has 4 heteroatoms. The molecule has 4 nitrogen and oxygen atoms in total. The topological polar surface area (TPSA) is 57.6 Å². The molecule has 0 bridgehead atoms. The monoisotopic (exact) mass is 273 g/mol. The Morgan fingerprint density at radius 1 is 1.20 bits per heavy atom. The molecule has 2 aliphatic rings. The SMILES string of the molecule is O=C(O)[C@H]1C[C@H]1C(=O)N1CCCC1Cc1ccccc1. The lowest BCUT2D eigenvalue weighted by molar-refractivity contribution is -0.142. The minimum atomic E-state index is -0.831. The molecule has 1 aromatic carbocycles. The fourth-order valence-electron chi connectivity index (χ4n) is 3.18. The Hall–Kier alpha value is -1.84. The predicted molar refractivity (Wildman–Crippen MR) is 74.1 cm³/mol. The van der Waals surface area contributed by atoms with Gasteiger partial charge in [-0.1, -0.05) is 30.3 Å². The van der Waals surface area contributed by atoms with Crippen molar-refractivity contribution in [3.8, 4) is 0 Å². The molecule has 2 fully saturated rings. The first kappa shape index (κ1) is 13.2. The minimum absolute atomic E-state index is 0.0517. The van der Waals surface area contributed by atoms with Crippen LogP contribution in [0.4, 0.5) is 0 Å². The maximum Gasteiger partial charge on any atom is 0.307 e. The van der Waals surface area contributed by atoms with E-state index < -0.39 is 11.9 Å². The maximum absolute atomic E-state index is 12.4. The molecule has 1 heterocycles. The Bertz CT molecular complexity index is 514. The summed E-state index contributed by atoms with van der Waals surface area (Å²) in [6.45, 7) is 0.777. The van der Waals surface area contributed by atoms with E-state index in [1.807, 2.05) is 23.1 Å². The summed E-state index contributed by atoms with van der Waals surface area (Å²) in [5.74, 6) is -1.50. The second kappa shape index (κ2) is 5.27. The Kier molecular flexibility index (Phi) is 3.47. The van der Waals surface area contributed by atoms with Gasteiger partial charge in [-0.2, -0.15) is 0 Å². The highest BCUT2D eigenvalue weighted by Gasteiger charge is 2.51. The third kappa shape index (κ3) is 2.55. The van der Waals surface area contributed by atoms with Crippen molar-refractivity contribution in [2.45, 2.75) is 31.7 Å². The minimum Gasteiger partial charge on any atom is -0.481 e. The van der Waals surface area contributed by atoms with Crippen LogP contribution in [0, 0.1) is 11.8 Å². The largest absolute Gasteiger partial charge is 0.481 e. The molecule has 1 unspecified atom stereocenters. The number of amides is 1. The van der Waals surface area contributed by atoms with Crippen LogP contribution in [0.3, 0.4) is 0 Å². The molecule has 0 spiro atoms. The van der Waals surface area contributed by atoms with Gasteiger partial charge in [0, 0.05) is 12.6 Å². The number of carbonyl (C=O) groups is 2. The second-order valence-corrected chi connectivity index (χ2v) is 5.80. The molecule has 106 valence electrons. The number of nitrogens with zero attached hydrogens (tertiary/aromatic N) is 1. The lowest BCUT2D eigenvalue weighted by Crippen LogP contribution is -2.38. The smallest absolute Gasteiger partial charge is 0.307 e. The zero-order valence-electron chi connectivity index (χ0n) is 11.4. The Morgan fingerprint density at radius 2 is 1.95 bits per heavy atom. The normalized spacial score (nSPS) is 28.4. The van der Waals surface area contributed by atoms with E-state index in [0.717, 1.165) is 25.8 Å². The maximum atomic E-state index is 12.4. The van der Waals surface area contributed by atoms with Gasteiger partial charge in [-0.15, -0.1) is 0 Å². The summed E-state index contributed by atoms with van der Waals surface area (Å²) in [7, 11) is 0. The van der Waals surface area contributed by atoms with Crippen molar-refractivity contribution in [1.82, 2.24) is 4.90 Å². The Balaban J connectivity index is 1.64. The van der Waals surface area contributed by atoms with Gasteiger partial charge in [-0.25, -0.2) is 0 Å². The first-order valence-electron chi connectivity index (χ1n) is 7.24. The van der Waals surface area contributed by atoms with Crippen LogP contribution >= 0.6 is 0 Å². The molecule has 3 atom stereocenters. The van der Waals surface area contributed by atoms with Crippen molar-refractivity contribution < 1.29 is 14.7 Å². The van der Waals surface area contributed by atoms with E-state index in [4.69, 9.17) is 5.11 Å². The van der Waals surface area contributed by atoms with Crippen molar-refractivity contribution in [2.75, 3.05) is 6.54 Å². The number of carboxylic acids is 1. The van der Waals surface area contributed by atoms with Gasteiger partial charge < -0.3 is 10.0 Å². The van der Waals surface area contributed by atoms with Crippen LogP contribution in [0.5, 0.6) is 0 Å².